The maximum absolute atomic E-state index is 13.3. The summed E-state index contributed by atoms with van der Waals surface area (Å²) in [4.78, 5) is 15.2. The third-order valence-electron chi connectivity index (χ3n) is 5.08. The number of carbonyl (C=O) groups excluding carboxylic acids is 1. The van der Waals surface area contributed by atoms with Crippen LogP contribution in [-0.2, 0) is 11.2 Å². The number of hydrogen-bond donors (Lipinski definition) is 0. The Bertz CT molecular complexity index is 1050. The minimum Gasteiger partial charge on any atom is -0.494 e. The van der Waals surface area contributed by atoms with Gasteiger partial charge in [-0.2, -0.15) is 4.68 Å². The standard InChI is InChI=1S/C21H23N5O2S/c1-13-9-10-19(28-4)18(11-13)26-21(22-23-24-26)29-15(3)20(27)25-14(2)12-16-7-5-6-8-17(16)25/h5-11,14-15H,12H2,1-4H3/t14-,15-/m0/s1. The number of anilines is 1. The SMILES string of the molecule is COc1ccc(C)cc1-n1nnnc1S[C@@H](C)C(=O)N1c2ccccc2C[C@@H]1C. The van der Waals surface area contributed by atoms with Crippen molar-refractivity contribution in [2.45, 2.75) is 43.6 Å². The van der Waals surface area contributed by atoms with E-state index in [0.717, 1.165) is 23.4 Å². The summed E-state index contributed by atoms with van der Waals surface area (Å²) in [7, 11) is 1.61. The summed E-state index contributed by atoms with van der Waals surface area (Å²) >= 11 is 1.35. The number of nitrogens with zero attached hydrogens (tertiary/aromatic N) is 5. The first kappa shape index (κ1) is 19.4. The van der Waals surface area contributed by atoms with Gasteiger partial charge in [0.1, 0.15) is 11.4 Å². The average Bonchev–Trinajstić information content (AvgIpc) is 3.30. The quantitative estimate of drug-likeness (QED) is 0.601. The number of hydrogen-bond acceptors (Lipinski definition) is 6. The summed E-state index contributed by atoms with van der Waals surface area (Å²) in [6, 6.07) is 14.0. The second-order valence-corrected chi connectivity index (χ2v) is 8.51. The lowest BCUT2D eigenvalue weighted by atomic mass is 10.1. The van der Waals surface area contributed by atoms with Gasteiger partial charge < -0.3 is 9.64 Å². The molecule has 29 heavy (non-hydrogen) atoms. The molecule has 1 aliphatic rings. The van der Waals surface area contributed by atoms with Gasteiger partial charge in [0.2, 0.25) is 11.1 Å². The van der Waals surface area contributed by atoms with Crippen LogP contribution in [0, 0.1) is 6.92 Å². The number of aryl methyl sites for hydroxylation is 1. The van der Waals surface area contributed by atoms with Crippen LogP contribution in [0.5, 0.6) is 5.75 Å². The summed E-state index contributed by atoms with van der Waals surface area (Å²) in [5.41, 5.74) is 4.02. The van der Waals surface area contributed by atoms with Crippen molar-refractivity contribution in [3.63, 3.8) is 0 Å². The van der Waals surface area contributed by atoms with Gasteiger partial charge in [-0.1, -0.05) is 36.0 Å². The Kier molecular flexibility index (Phi) is 5.27. The maximum Gasteiger partial charge on any atom is 0.240 e. The predicted octanol–water partition coefficient (Wildman–Crippen LogP) is 3.44. The molecule has 0 saturated heterocycles. The van der Waals surface area contributed by atoms with Crippen molar-refractivity contribution in [1.29, 1.82) is 0 Å². The number of benzene rings is 2. The number of ether oxygens (including phenoxy) is 1. The minimum atomic E-state index is -0.343. The zero-order valence-electron chi connectivity index (χ0n) is 16.9. The van der Waals surface area contributed by atoms with E-state index < -0.39 is 0 Å². The molecule has 0 saturated carbocycles. The van der Waals surface area contributed by atoms with E-state index in [1.165, 1.54) is 17.3 Å². The zero-order chi connectivity index (χ0) is 20.5. The normalized spacial score (nSPS) is 16.6. The molecule has 2 heterocycles. The monoisotopic (exact) mass is 409 g/mol. The van der Waals surface area contributed by atoms with Crippen molar-refractivity contribution in [1.82, 2.24) is 20.2 Å². The van der Waals surface area contributed by atoms with Gasteiger partial charge in [-0.05, 0) is 66.9 Å². The molecular formula is C21H23N5O2S. The van der Waals surface area contributed by atoms with Crippen molar-refractivity contribution >= 4 is 23.4 Å². The Balaban J connectivity index is 1.59. The smallest absolute Gasteiger partial charge is 0.240 e. The molecule has 0 spiro atoms. The molecular weight excluding hydrogens is 386 g/mol. The van der Waals surface area contributed by atoms with Gasteiger partial charge in [0.25, 0.3) is 0 Å². The van der Waals surface area contributed by atoms with Gasteiger partial charge in [0.05, 0.1) is 12.4 Å². The molecule has 0 aliphatic carbocycles. The fraction of sp³-hybridized carbons (Fsp3) is 0.333. The molecule has 1 amide bonds. The molecule has 0 radical (unpaired) electrons. The summed E-state index contributed by atoms with van der Waals surface area (Å²) in [6.07, 6.45) is 0.873. The van der Waals surface area contributed by atoms with E-state index in [1.807, 2.05) is 55.1 Å². The van der Waals surface area contributed by atoms with Crippen LogP contribution >= 0.6 is 11.8 Å². The highest BCUT2D eigenvalue weighted by molar-refractivity contribution is 8.00. The van der Waals surface area contributed by atoms with E-state index in [-0.39, 0.29) is 17.2 Å². The van der Waals surface area contributed by atoms with Crippen LogP contribution in [0.2, 0.25) is 0 Å². The van der Waals surface area contributed by atoms with Crippen LogP contribution in [0.25, 0.3) is 5.69 Å². The largest absolute Gasteiger partial charge is 0.494 e. The third kappa shape index (κ3) is 3.60. The van der Waals surface area contributed by atoms with Crippen LogP contribution in [0.15, 0.2) is 47.6 Å². The first-order valence-electron chi connectivity index (χ1n) is 9.50. The molecule has 2 atom stereocenters. The average molecular weight is 410 g/mol. The number of thioether (sulfide) groups is 1. The van der Waals surface area contributed by atoms with Crippen molar-refractivity contribution in [3.05, 3.63) is 53.6 Å². The van der Waals surface area contributed by atoms with E-state index in [1.54, 1.807) is 11.8 Å². The highest BCUT2D eigenvalue weighted by Gasteiger charge is 2.34. The van der Waals surface area contributed by atoms with Gasteiger partial charge in [-0.15, -0.1) is 5.10 Å². The Hall–Kier alpha value is -2.87. The topological polar surface area (TPSA) is 73.1 Å². The molecule has 1 aromatic heterocycles. The van der Waals surface area contributed by atoms with Crippen LogP contribution < -0.4 is 9.64 Å². The van der Waals surface area contributed by atoms with E-state index in [2.05, 4.69) is 28.5 Å². The zero-order valence-corrected chi connectivity index (χ0v) is 17.7. The van der Waals surface area contributed by atoms with Crippen LogP contribution in [0.1, 0.15) is 25.0 Å². The van der Waals surface area contributed by atoms with E-state index in [4.69, 9.17) is 4.74 Å². The second kappa shape index (κ2) is 7.87. The first-order valence-corrected chi connectivity index (χ1v) is 10.4. The number of carbonyl (C=O) groups is 1. The minimum absolute atomic E-state index is 0.0539. The van der Waals surface area contributed by atoms with E-state index in [9.17, 15) is 4.79 Å². The molecule has 0 N–H and O–H groups in total. The van der Waals surface area contributed by atoms with Crippen molar-refractivity contribution < 1.29 is 9.53 Å². The summed E-state index contributed by atoms with van der Waals surface area (Å²) in [5, 5.41) is 12.3. The highest BCUT2D eigenvalue weighted by atomic mass is 32.2. The molecule has 0 fully saturated rings. The van der Waals surface area contributed by atoms with E-state index in [0.29, 0.717) is 10.9 Å². The van der Waals surface area contributed by atoms with Gasteiger partial charge >= 0.3 is 0 Å². The Morgan fingerprint density at radius 2 is 2.03 bits per heavy atom. The van der Waals surface area contributed by atoms with Crippen LogP contribution in [0.3, 0.4) is 0 Å². The molecule has 2 aromatic carbocycles. The molecule has 8 heteroatoms. The predicted molar refractivity (Wildman–Crippen MR) is 113 cm³/mol. The lowest BCUT2D eigenvalue weighted by Gasteiger charge is -2.25. The lowest BCUT2D eigenvalue weighted by molar-refractivity contribution is -0.118. The van der Waals surface area contributed by atoms with Gasteiger partial charge in [0, 0.05) is 11.7 Å². The second-order valence-electron chi connectivity index (χ2n) is 7.20. The molecule has 3 aromatic rings. The van der Waals surface area contributed by atoms with Gasteiger partial charge in [-0.3, -0.25) is 4.79 Å². The fourth-order valence-electron chi connectivity index (χ4n) is 3.67. The molecule has 0 bridgehead atoms. The number of tetrazole rings is 1. The number of aromatic nitrogens is 4. The maximum atomic E-state index is 13.3. The molecule has 0 unspecified atom stereocenters. The molecule has 1 aliphatic heterocycles. The number of amides is 1. The summed E-state index contributed by atoms with van der Waals surface area (Å²) < 4.78 is 7.09. The van der Waals surface area contributed by atoms with Crippen LogP contribution in [0.4, 0.5) is 5.69 Å². The number of fused-ring (bicyclic) bond motifs is 1. The summed E-state index contributed by atoms with van der Waals surface area (Å²) in [6.45, 7) is 5.97. The van der Waals surface area contributed by atoms with E-state index >= 15 is 0 Å². The Labute approximate surface area is 174 Å². The number of para-hydroxylation sites is 1. The number of rotatable bonds is 5. The first-order chi connectivity index (χ1) is 14.0. The molecule has 7 nitrogen and oxygen atoms in total. The Morgan fingerprint density at radius 3 is 2.83 bits per heavy atom. The fourth-order valence-corrected chi connectivity index (χ4v) is 4.52. The molecule has 150 valence electrons. The highest BCUT2D eigenvalue weighted by Crippen LogP contribution is 2.35. The third-order valence-corrected chi connectivity index (χ3v) is 6.10. The van der Waals surface area contributed by atoms with Gasteiger partial charge in [0.15, 0.2) is 0 Å². The van der Waals surface area contributed by atoms with Gasteiger partial charge in [-0.25, -0.2) is 0 Å². The van der Waals surface area contributed by atoms with Crippen molar-refractivity contribution in [2.24, 2.45) is 0 Å². The lowest BCUT2D eigenvalue weighted by Crippen LogP contribution is -2.40. The number of methoxy groups -OCH3 is 1. The Morgan fingerprint density at radius 1 is 1.24 bits per heavy atom. The summed E-state index contributed by atoms with van der Waals surface area (Å²) in [5.74, 6) is 0.726. The molecule has 4 rings (SSSR count). The van der Waals surface area contributed by atoms with Crippen molar-refractivity contribution in [2.75, 3.05) is 12.0 Å². The van der Waals surface area contributed by atoms with Crippen molar-refractivity contribution in [3.8, 4) is 11.4 Å². The van der Waals surface area contributed by atoms with Crippen LogP contribution in [-0.4, -0.2) is 44.5 Å².